The van der Waals surface area contributed by atoms with Gasteiger partial charge in [0.25, 0.3) is 5.91 Å². The highest BCUT2D eigenvalue weighted by atomic mass is 19.1. The molecule has 36 heavy (non-hydrogen) atoms. The molecule has 3 aromatic carbocycles. The van der Waals surface area contributed by atoms with Crippen molar-refractivity contribution in [3.63, 3.8) is 0 Å². The maximum atomic E-state index is 14.7. The Bertz CT molecular complexity index is 1190. The van der Waals surface area contributed by atoms with E-state index in [2.05, 4.69) is 5.32 Å². The Labute approximate surface area is 213 Å². The fourth-order valence-corrected chi connectivity index (χ4v) is 3.90. The van der Waals surface area contributed by atoms with E-state index in [4.69, 9.17) is 4.74 Å². The third-order valence-electron chi connectivity index (χ3n) is 5.76. The molecule has 0 heterocycles. The summed E-state index contributed by atoms with van der Waals surface area (Å²) in [5.41, 5.74) is 2.64. The summed E-state index contributed by atoms with van der Waals surface area (Å²) in [6.45, 7) is 9.19. The average molecular weight is 491 g/mol. The Balaban J connectivity index is 1.96. The van der Waals surface area contributed by atoms with E-state index >= 15 is 0 Å². The van der Waals surface area contributed by atoms with Crippen LogP contribution in [-0.2, 0) is 22.6 Å². The lowest BCUT2D eigenvalue weighted by Crippen LogP contribution is -2.55. The summed E-state index contributed by atoms with van der Waals surface area (Å²) in [7, 11) is 0. The summed E-state index contributed by atoms with van der Waals surface area (Å²) < 4.78 is 20.5. The van der Waals surface area contributed by atoms with E-state index in [0.29, 0.717) is 11.3 Å². The number of carbonyl (C=O) groups excluding carboxylic acids is 2. The first kappa shape index (κ1) is 26.9. The lowest BCUT2D eigenvalue weighted by atomic mass is 10.0. The summed E-state index contributed by atoms with van der Waals surface area (Å²) in [5, 5.41) is 3.00. The highest BCUT2D eigenvalue weighted by Gasteiger charge is 2.33. The monoisotopic (exact) mass is 490 g/mol. The van der Waals surface area contributed by atoms with Gasteiger partial charge < -0.3 is 15.0 Å². The molecule has 2 amide bonds. The van der Waals surface area contributed by atoms with E-state index in [-0.39, 0.29) is 25.5 Å². The van der Waals surface area contributed by atoms with Gasteiger partial charge in [-0.2, -0.15) is 0 Å². The van der Waals surface area contributed by atoms with E-state index in [1.165, 1.54) is 11.0 Å². The molecule has 6 heteroatoms. The number of amides is 2. The summed E-state index contributed by atoms with van der Waals surface area (Å²) in [6, 6.07) is 20.7. The molecule has 3 aromatic rings. The fourth-order valence-electron chi connectivity index (χ4n) is 3.90. The van der Waals surface area contributed by atoms with Crippen LogP contribution in [0.4, 0.5) is 4.39 Å². The average Bonchev–Trinajstić information content (AvgIpc) is 2.82. The molecule has 0 spiro atoms. The maximum Gasteiger partial charge on any atom is 0.261 e. The van der Waals surface area contributed by atoms with Crippen LogP contribution in [0.25, 0.3) is 0 Å². The maximum absolute atomic E-state index is 14.7. The van der Waals surface area contributed by atoms with Gasteiger partial charge in [0.05, 0.1) is 0 Å². The molecule has 0 fully saturated rings. The highest BCUT2D eigenvalue weighted by Crippen LogP contribution is 2.21. The number of nitrogens with one attached hydrogen (secondary N) is 1. The third-order valence-corrected chi connectivity index (χ3v) is 5.76. The standard InChI is InChI=1S/C30H35FN2O3/c1-21-15-16-22(2)27(17-21)36-20-28(34)33(19-24-13-9-10-14-25(24)31)26(29(35)32-30(3,4)5)18-23-11-7-6-8-12-23/h6-17,26H,18-20H2,1-5H3,(H,32,35)/t26-/m1/s1. The Morgan fingerprint density at radius 3 is 2.31 bits per heavy atom. The van der Waals surface area contributed by atoms with Crippen LogP contribution < -0.4 is 10.1 Å². The highest BCUT2D eigenvalue weighted by molar-refractivity contribution is 5.89. The Morgan fingerprint density at radius 2 is 1.64 bits per heavy atom. The van der Waals surface area contributed by atoms with E-state index in [1.54, 1.807) is 18.2 Å². The van der Waals surface area contributed by atoms with Crippen LogP contribution in [0, 0.1) is 19.7 Å². The first-order valence-electron chi connectivity index (χ1n) is 12.1. The van der Waals surface area contributed by atoms with Gasteiger partial charge in [-0.05, 0) is 63.4 Å². The van der Waals surface area contributed by atoms with Crippen molar-refractivity contribution in [2.45, 2.75) is 59.2 Å². The summed E-state index contributed by atoms with van der Waals surface area (Å²) >= 11 is 0. The minimum absolute atomic E-state index is 0.0588. The predicted octanol–water partition coefficient (Wildman–Crippen LogP) is 5.38. The molecule has 0 aliphatic heterocycles. The van der Waals surface area contributed by atoms with Crippen LogP contribution in [0.15, 0.2) is 72.8 Å². The van der Waals surface area contributed by atoms with Crippen molar-refractivity contribution in [1.29, 1.82) is 0 Å². The number of ether oxygens (including phenoxy) is 1. The van der Waals surface area contributed by atoms with E-state index in [9.17, 15) is 14.0 Å². The molecule has 0 saturated carbocycles. The second-order valence-electron chi connectivity index (χ2n) is 10.1. The van der Waals surface area contributed by atoms with Crippen LogP contribution >= 0.6 is 0 Å². The molecule has 0 aliphatic carbocycles. The van der Waals surface area contributed by atoms with Gasteiger partial charge >= 0.3 is 0 Å². The number of carbonyl (C=O) groups is 2. The zero-order chi connectivity index (χ0) is 26.3. The molecule has 3 rings (SSSR count). The SMILES string of the molecule is Cc1ccc(C)c(OCC(=O)N(Cc2ccccc2F)[C@H](Cc2ccccc2)C(=O)NC(C)(C)C)c1. The molecular weight excluding hydrogens is 455 g/mol. The molecule has 5 nitrogen and oxygen atoms in total. The van der Waals surface area contributed by atoms with Crippen molar-refractivity contribution >= 4 is 11.8 Å². The van der Waals surface area contributed by atoms with Gasteiger partial charge in [0.2, 0.25) is 5.91 Å². The van der Waals surface area contributed by atoms with Crippen LogP contribution in [0.2, 0.25) is 0 Å². The fraction of sp³-hybridized carbons (Fsp3) is 0.333. The molecule has 0 bridgehead atoms. The quantitative estimate of drug-likeness (QED) is 0.438. The van der Waals surface area contributed by atoms with Gasteiger partial charge in [-0.1, -0.05) is 60.7 Å². The number of rotatable bonds is 9. The van der Waals surface area contributed by atoms with Gasteiger partial charge in [0, 0.05) is 24.1 Å². The summed E-state index contributed by atoms with van der Waals surface area (Å²) in [6.07, 6.45) is 0.284. The van der Waals surface area contributed by atoms with Gasteiger partial charge in [-0.15, -0.1) is 0 Å². The minimum atomic E-state index is -0.860. The van der Waals surface area contributed by atoms with Crippen molar-refractivity contribution < 1.29 is 18.7 Å². The molecule has 190 valence electrons. The predicted molar refractivity (Wildman–Crippen MR) is 140 cm³/mol. The smallest absolute Gasteiger partial charge is 0.261 e. The lowest BCUT2D eigenvalue weighted by Gasteiger charge is -2.34. The van der Waals surface area contributed by atoms with E-state index in [1.807, 2.05) is 83.1 Å². The van der Waals surface area contributed by atoms with Gasteiger partial charge in [0.1, 0.15) is 17.6 Å². The largest absolute Gasteiger partial charge is 0.483 e. The Morgan fingerprint density at radius 1 is 0.972 bits per heavy atom. The molecule has 1 atom stereocenters. The van der Waals surface area contributed by atoms with Crippen LogP contribution in [0.5, 0.6) is 5.75 Å². The molecule has 0 radical (unpaired) electrons. The number of hydrogen-bond donors (Lipinski definition) is 1. The Hall–Kier alpha value is -3.67. The van der Waals surface area contributed by atoms with Gasteiger partial charge in [0.15, 0.2) is 6.61 Å². The molecular formula is C30H35FN2O3. The summed E-state index contributed by atoms with van der Waals surface area (Å²) in [4.78, 5) is 28.6. The number of aryl methyl sites for hydroxylation is 2. The minimum Gasteiger partial charge on any atom is -0.483 e. The molecule has 0 unspecified atom stereocenters. The van der Waals surface area contributed by atoms with Crippen LogP contribution in [0.3, 0.4) is 0 Å². The molecule has 0 aliphatic rings. The van der Waals surface area contributed by atoms with E-state index in [0.717, 1.165) is 16.7 Å². The van der Waals surface area contributed by atoms with Crippen LogP contribution in [-0.4, -0.2) is 34.9 Å². The van der Waals surface area contributed by atoms with Gasteiger partial charge in [-0.3, -0.25) is 9.59 Å². The first-order chi connectivity index (χ1) is 17.0. The normalized spacial score (nSPS) is 12.1. The lowest BCUT2D eigenvalue weighted by molar-refractivity contribution is -0.143. The number of benzene rings is 3. The molecule has 0 saturated heterocycles. The van der Waals surface area contributed by atoms with Crippen molar-refractivity contribution in [2.24, 2.45) is 0 Å². The number of hydrogen-bond acceptors (Lipinski definition) is 3. The molecule has 1 N–H and O–H groups in total. The Kier molecular flexibility index (Phi) is 8.86. The van der Waals surface area contributed by atoms with Crippen LogP contribution in [0.1, 0.15) is 43.0 Å². The van der Waals surface area contributed by atoms with Crippen molar-refractivity contribution in [2.75, 3.05) is 6.61 Å². The van der Waals surface area contributed by atoms with Crippen molar-refractivity contribution in [1.82, 2.24) is 10.2 Å². The second-order valence-corrected chi connectivity index (χ2v) is 10.1. The summed E-state index contributed by atoms with van der Waals surface area (Å²) in [5.74, 6) is -0.527. The third kappa shape index (κ3) is 7.67. The topological polar surface area (TPSA) is 58.6 Å². The molecule has 0 aromatic heterocycles. The van der Waals surface area contributed by atoms with Crippen molar-refractivity contribution in [3.05, 3.63) is 101 Å². The van der Waals surface area contributed by atoms with Crippen molar-refractivity contribution in [3.8, 4) is 5.75 Å². The second kappa shape index (κ2) is 11.8. The first-order valence-corrected chi connectivity index (χ1v) is 12.1. The number of nitrogens with zero attached hydrogens (tertiary/aromatic N) is 1. The van der Waals surface area contributed by atoms with Gasteiger partial charge in [-0.25, -0.2) is 4.39 Å². The number of halogens is 1. The zero-order valence-corrected chi connectivity index (χ0v) is 21.7. The van der Waals surface area contributed by atoms with E-state index < -0.39 is 23.3 Å². The zero-order valence-electron chi connectivity index (χ0n) is 21.7.